The highest BCUT2D eigenvalue weighted by Gasteiger charge is 2.21. The van der Waals surface area contributed by atoms with Gasteiger partial charge in [0.25, 0.3) is 0 Å². The molecule has 0 unspecified atom stereocenters. The van der Waals surface area contributed by atoms with Gasteiger partial charge in [0.05, 0.1) is 6.42 Å². The Morgan fingerprint density at radius 1 is 1.35 bits per heavy atom. The fraction of sp³-hybridized carbons (Fsp3) is 0.500. The zero-order valence-corrected chi connectivity index (χ0v) is 10.9. The minimum atomic E-state index is -0.328. The molecule has 17 heavy (non-hydrogen) atoms. The van der Waals surface area contributed by atoms with Gasteiger partial charge in [-0.3, -0.25) is 4.79 Å². The molecule has 0 bridgehead atoms. The summed E-state index contributed by atoms with van der Waals surface area (Å²) in [6, 6.07) is 6.42. The summed E-state index contributed by atoms with van der Waals surface area (Å²) < 4.78 is 13.3. The smallest absolute Gasteiger partial charge is 0.224 e. The van der Waals surface area contributed by atoms with Crippen molar-refractivity contribution in [2.24, 2.45) is 5.41 Å². The summed E-state index contributed by atoms with van der Waals surface area (Å²) in [5.41, 5.74) is 0.441. The Bertz CT molecular complexity index is 395. The Labute approximate surface area is 102 Å². The number of benzene rings is 1. The number of carbonyl (C=O) groups is 1. The van der Waals surface area contributed by atoms with Crippen molar-refractivity contribution in [1.29, 1.82) is 0 Å². The van der Waals surface area contributed by atoms with Gasteiger partial charge in [-0.15, -0.1) is 0 Å². The number of carbonyl (C=O) groups excluding carboxylic acids is 1. The molecule has 0 saturated carbocycles. The second-order valence-electron chi connectivity index (χ2n) is 5.42. The average molecular weight is 237 g/mol. The van der Waals surface area contributed by atoms with Crippen LogP contribution in [0, 0.1) is 11.2 Å². The molecule has 94 valence electrons. The molecule has 1 atom stereocenters. The zero-order chi connectivity index (χ0) is 13.1. The van der Waals surface area contributed by atoms with E-state index >= 15 is 0 Å². The number of rotatable bonds is 3. The molecule has 1 amide bonds. The molecule has 1 aromatic carbocycles. The number of hydrogen-bond donors (Lipinski definition) is 1. The van der Waals surface area contributed by atoms with Crippen LogP contribution in [-0.4, -0.2) is 11.9 Å². The van der Waals surface area contributed by atoms with Gasteiger partial charge in [0.2, 0.25) is 5.91 Å². The summed E-state index contributed by atoms with van der Waals surface area (Å²) in [7, 11) is 0. The van der Waals surface area contributed by atoms with Crippen molar-refractivity contribution in [3.63, 3.8) is 0 Å². The van der Waals surface area contributed by atoms with Crippen molar-refractivity contribution in [3.05, 3.63) is 35.6 Å². The van der Waals surface area contributed by atoms with Crippen LogP contribution in [0.2, 0.25) is 0 Å². The largest absolute Gasteiger partial charge is 0.353 e. The molecule has 1 aromatic rings. The number of nitrogens with one attached hydrogen (secondary N) is 1. The average Bonchev–Trinajstić information content (AvgIpc) is 2.20. The first-order valence-electron chi connectivity index (χ1n) is 5.83. The van der Waals surface area contributed by atoms with Crippen molar-refractivity contribution in [1.82, 2.24) is 5.32 Å². The third-order valence-electron chi connectivity index (χ3n) is 2.99. The molecular weight excluding hydrogens is 217 g/mol. The van der Waals surface area contributed by atoms with Crippen molar-refractivity contribution in [2.75, 3.05) is 0 Å². The minimum Gasteiger partial charge on any atom is -0.353 e. The normalized spacial score (nSPS) is 13.2. The van der Waals surface area contributed by atoms with Crippen molar-refractivity contribution in [2.45, 2.75) is 40.2 Å². The summed E-state index contributed by atoms with van der Waals surface area (Å²) in [5.74, 6) is -0.469. The third-order valence-corrected chi connectivity index (χ3v) is 2.99. The molecule has 0 heterocycles. The highest BCUT2D eigenvalue weighted by molar-refractivity contribution is 5.78. The number of hydrogen-bond acceptors (Lipinski definition) is 1. The lowest BCUT2D eigenvalue weighted by atomic mass is 9.88. The maximum absolute atomic E-state index is 13.3. The second kappa shape index (κ2) is 5.30. The van der Waals surface area contributed by atoms with E-state index in [1.54, 1.807) is 18.2 Å². The van der Waals surface area contributed by atoms with Gasteiger partial charge in [-0.25, -0.2) is 4.39 Å². The van der Waals surface area contributed by atoms with Gasteiger partial charge < -0.3 is 5.32 Å². The molecule has 1 N–H and O–H groups in total. The summed E-state index contributed by atoms with van der Waals surface area (Å²) in [4.78, 5) is 11.7. The van der Waals surface area contributed by atoms with Crippen LogP contribution in [0.4, 0.5) is 4.39 Å². The maximum atomic E-state index is 13.3. The Balaban J connectivity index is 2.60. The van der Waals surface area contributed by atoms with Gasteiger partial charge in [0.15, 0.2) is 0 Å². The van der Waals surface area contributed by atoms with E-state index in [9.17, 15) is 9.18 Å². The molecule has 3 heteroatoms. The van der Waals surface area contributed by atoms with E-state index in [4.69, 9.17) is 0 Å². The van der Waals surface area contributed by atoms with Gasteiger partial charge in [0.1, 0.15) is 5.82 Å². The molecular formula is C14H20FNO. The van der Waals surface area contributed by atoms with Gasteiger partial charge in [0, 0.05) is 6.04 Å². The zero-order valence-electron chi connectivity index (χ0n) is 10.9. The van der Waals surface area contributed by atoms with Crippen LogP contribution in [0.25, 0.3) is 0 Å². The lowest BCUT2D eigenvalue weighted by Gasteiger charge is -2.28. The molecule has 0 saturated heterocycles. The Morgan fingerprint density at radius 3 is 2.47 bits per heavy atom. The molecule has 0 spiro atoms. The molecule has 0 aliphatic heterocycles. The minimum absolute atomic E-state index is 0.00485. The van der Waals surface area contributed by atoms with Crippen LogP contribution >= 0.6 is 0 Å². The summed E-state index contributed by atoms with van der Waals surface area (Å²) >= 11 is 0. The van der Waals surface area contributed by atoms with Crippen LogP contribution in [0.15, 0.2) is 24.3 Å². The lowest BCUT2D eigenvalue weighted by molar-refractivity contribution is -0.121. The molecule has 0 fully saturated rings. The van der Waals surface area contributed by atoms with Crippen molar-refractivity contribution in [3.8, 4) is 0 Å². The topological polar surface area (TPSA) is 29.1 Å². The predicted molar refractivity (Wildman–Crippen MR) is 67.2 cm³/mol. The van der Waals surface area contributed by atoms with E-state index in [-0.39, 0.29) is 29.6 Å². The van der Waals surface area contributed by atoms with E-state index in [1.165, 1.54) is 6.07 Å². The maximum Gasteiger partial charge on any atom is 0.224 e. The van der Waals surface area contributed by atoms with Gasteiger partial charge in [-0.2, -0.15) is 0 Å². The van der Waals surface area contributed by atoms with Gasteiger partial charge in [-0.05, 0) is 24.0 Å². The van der Waals surface area contributed by atoms with E-state index in [1.807, 2.05) is 6.92 Å². The van der Waals surface area contributed by atoms with E-state index < -0.39 is 0 Å². The lowest BCUT2D eigenvalue weighted by Crippen LogP contribution is -2.42. The Kier molecular flexibility index (Phi) is 4.27. The highest BCUT2D eigenvalue weighted by atomic mass is 19.1. The second-order valence-corrected chi connectivity index (χ2v) is 5.42. The van der Waals surface area contributed by atoms with E-state index in [0.717, 1.165) is 0 Å². The number of halogens is 1. The van der Waals surface area contributed by atoms with Crippen LogP contribution in [0.3, 0.4) is 0 Å². The first-order chi connectivity index (χ1) is 7.80. The van der Waals surface area contributed by atoms with Crippen LogP contribution < -0.4 is 5.32 Å². The van der Waals surface area contributed by atoms with Crippen molar-refractivity contribution >= 4 is 5.91 Å². The van der Waals surface area contributed by atoms with Crippen molar-refractivity contribution < 1.29 is 9.18 Å². The first kappa shape index (κ1) is 13.7. The molecule has 0 radical (unpaired) electrons. The van der Waals surface area contributed by atoms with Gasteiger partial charge >= 0.3 is 0 Å². The summed E-state index contributed by atoms with van der Waals surface area (Å²) in [6.45, 7) is 8.13. The van der Waals surface area contributed by atoms with Crippen LogP contribution in [-0.2, 0) is 11.2 Å². The summed E-state index contributed by atoms with van der Waals surface area (Å²) in [6.07, 6.45) is 0.0904. The fourth-order valence-corrected chi connectivity index (χ4v) is 1.32. The van der Waals surface area contributed by atoms with Crippen LogP contribution in [0.1, 0.15) is 33.3 Å². The standard InChI is InChI=1S/C14H20FNO/c1-10(14(2,3)4)16-13(17)9-11-7-5-6-8-12(11)15/h5-8,10H,9H2,1-4H3,(H,16,17)/t10-/m0/s1. The highest BCUT2D eigenvalue weighted by Crippen LogP contribution is 2.18. The Morgan fingerprint density at radius 2 is 1.94 bits per heavy atom. The van der Waals surface area contributed by atoms with Crippen LogP contribution in [0.5, 0.6) is 0 Å². The predicted octanol–water partition coefficient (Wildman–Crippen LogP) is 2.92. The summed E-state index contributed by atoms with van der Waals surface area (Å²) in [5, 5.41) is 2.89. The molecule has 0 aliphatic carbocycles. The fourth-order valence-electron chi connectivity index (χ4n) is 1.32. The van der Waals surface area contributed by atoms with E-state index in [0.29, 0.717) is 5.56 Å². The molecule has 0 aromatic heterocycles. The molecule has 1 rings (SSSR count). The monoisotopic (exact) mass is 237 g/mol. The number of amides is 1. The molecule has 0 aliphatic rings. The van der Waals surface area contributed by atoms with Gasteiger partial charge in [-0.1, -0.05) is 39.0 Å². The quantitative estimate of drug-likeness (QED) is 0.860. The molecule has 2 nitrogen and oxygen atoms in total. The first-order valence-corrected chi connectivity index (χ1v) is 5.83. The van der Waals surface area contributed by atoms with E-state index in [2.05, 4.69) is 26.1 Å². The SMILES string of the molecule is C[C@H](NC(=O)Cc1ccccc1F)C(C)(C)C. The third kappa shape index (κ3) is 4.17. The Hall–Kier alpha value is -1.38.